The van der Waals surface area contributed by atoms with Crippen LogP contribution in [-0.2, 0) is 6.42 Å². The quantitative estimate of drug-likeness (QED) is 0.566. The van der Waals surface area contributed by atoms with Crippen molar-refractivity contribution in [3.63, 3.8) is 0 Å². The maximum atomic E-state index is 9.88. The van der Waals surface area contributed by atoms with Crippen LogP contribution < -0.4 is 4.74 Å². The van der Waals surface area contributed by atoms with Crippen molar-refractivity contribution in [3.8, 4) is 16.9 Å². The largest absolute Gasteiger partial charge is 0.493 e. The van der Waals surface area contributed by atoms with Crippen molar-refractivity contribution >= 4 is 11.6 Å². The number of aliphatic hydroxyl groups excluding tert-OH is 1. The van der Waals surface area contributed by atoms with Crippen molar-refractivity contribution in [2.75, 3.05) is 12.5 Å². The molecule has 0 radical (unpaired) electrons. The average Bonchev–Trinajstić information content (AvgIpc) is 2.57. The monoisotopic (exact) mass is 318 g/mol. The third-order valence-corrected chi connectivity index (χ3v) is 3.91. The first-order valence-corrected chi connectivity index (χ1v) is 8.33. The van der Waals surface area contributed by atoms with Gasteiger partial charge in [0.25, 0.3) is 0 Å². The van der Waals surface area contributed by atoms with Gasteiger partial charge in [0.1, 0.15) is 5.75 Å². The fourth-order valence-electron chi connectivity index (χ4n) is 2.32. The number of hydrogen-bond donors (Lipinski definition) is 1. The topological polar surface area (TPSA) is 29.5 Å². The summed E-state index contributed by atoms with van der Waals surface area (Å²) in [7, 11) is 0. The van der Waals surface area contributed by atoms with E-state index in [2.05, 4.69) is 31.2 Å². The van der Waals surface area contributed by atoms with Crippen molar-refractivity contribution in [1.82, 2.24) is 0 Å². The highest BCUT2D eigenvalue weighted by atomic mass is 35.5. The summed E-state index contributed by atoms with van der Waals surface area (Å²) in [5.74, 6) is 1.07. The van der Waals surface area contributed by atoms with Gasteiger partial charge in [-0.2, -0.15) is 0 Å². The van der Waals surface area contributed by atoms with Gasteiger partial charge in [-0.15, -0.1) is 11.6 Å². The van der Waals surface area contributed by atoms with Crippen LogP contribution in [0.15, 0.2) is 48.5 Å². The minimum atomic E-state index is -0.554. The molecule has 0 amide bonds. The molecule has 0 fully saturated rings. The van der Waals surface area contributed by atoms with Gasteiger partial charge in [0.05, 0.1) is 12.7 Å². The first-order chi connectivity index (χ1) is 10.7. The van der Waals surface area contributed by atoms with Gasteiger partial charge in [-0.25, -0.2) is 0 Å². The van der Waals surface area contributed by atoms with Crippen molar-refractivity contribution in [2.45, 2.75) is 32.3 Å². The Labute approximate surface area is 137 Å². The maximum absolute atomic E-state index is 9.88. The van der Waals surface area contributed by atoms with Gasteiger partial charge < -0.3 is 9.84 Å². The van der Waals surface area contributed by atoms with E-state index in [0.29, 0.717) is 13.0 Å². The molecule has 2 rings (SSSR count). The van der Waals surface area contributed by atoms with Gasteiger partial charge in [-0.3, -0.25) is 0 Å². The van der Waals surface area contributed by atoms with Crippen LogP contribution in [0, 0.1) is 0 Å². The number of halogens is 1. The second kappa shape index (κ2) is 8.82. The van der Waals surface area contributed by atoms with Crippen molar-refractivity contribution in [3.05, 3.63) is 54.1 Å². The molecule has 0 unspecified atom stereocenters. The lowest BCUT2D eigenvalue weighted by Crippen LogP contribution is -2.13. The van der Waals surface area contributed by atoms with Crippen LogP contribution in [0.5, 0.6) is 5.75 Å². The SMILES string of the molecule is CCCCOc1ccc(-c2ccccc2)cc1C[C@@H](O)CCl. The Kier molecular flexibility index (Phi) is 6.75. The third-order valence-electron chi connectivity index (χ3n) is 3.56. The summed E-state index contributed by atoms with van der Waals surface area (Å²) in [6.45, 7) is 2.84. The van der Waals surface area contributed by atoms with Crippen LogP contribution in [0.2, 0.25) is 0 Å². The fourth-order valence-corrected chi connectivity index (χ4v) is 2.43. The summed E-state index contributed by atoms with van der Waals surface area (Å²) in [4.78, 5) is 0. The molecule has 22 heavy (non-hydrogen) atoms. The predicted octanol–water partition coefficient (Wildman–Crippen LogP) is 4.67. The Morgan fingerprint density at radius 3 is 2.55 bits per heavy atom. The molecule has 0 aliphatic carbocycles. The van der Waals surface area contributed by atoms with Gasteiger partial charge in [0, 0.05) is 12.3 Å². The second-order valence-electron chi connectivity index (χ2n) is 5.40. The number of ether oxygens (including phenoxy) is 1. The molecule has 0 aromatic heterocycles. The molecule has 0 spiro atoms. The zero-order chi connectivity index (χ0) is 15.8. The lowest BCUT2D eigenvalue weighted by molar-refractivity contribution is 0.196. The first-order valence-electron chi connectivity index (χ1n) is 7.79. The van der Waals surface area contributed by atoms with Crippen molar-refractivity contribution in [1.29, 1.82) is 0 Å². The Morgan fingerprint density at radius 1 is 1.09 bits per heavy atom. The van der Waals surface area contributed by atoms with E-state index in [9.17, 15) is 5.11 Å². The van der Waals surface area contributed by atoms with E-state index in [1.165, 1.54) is 0 Å². The van der Waals surface area contributed by atoms with E-state index in [4.69, 9.17) is 16.3 Å². The van der Waals surface area contributed by atoms with Crippen molar-refractivity contribution < 1.29 is 9.84 Å². The van der Waals surface area contributed by atoms with Gasteiger partial charge in [-0.1, -0.05) is 49.7 Å². The lowest BCUT2D eigenvalue weighted by atomic mass is 9.99. The number of benzene rings is 2. The average molecular weight is 319 g/mol. The van der Waals surface area contributed by atoms with Crippen molar-refractivity contribution in [2.24, 2.45) is 0 Å². The fraction of sp³-hybridized carbons (Fsp3) is 0.368. The summed E-state index contributed by atoms with van der Waals surface area (Å²) in [5, 5.41) is 9.88. The molecular weight excluding hydrogens is 296 g/mol. The van der Waals surface area contributed by atoms with Crippen LogP contribution in [0.1, 0.15) is 25.3 Å². The standard InChI is InChI=1S/C19H23ClO2/c1-2-3-11-22-19-10-9-16(15-7-5-4-6-8-15)12-17(19)13-18(21)14-20/h4-10,12,18,21H,2-3,11,13-14H2,1H3/t18-/m1/s1. The van der Waals surface area contributed by atoms with Crippen LogP contribution in [-0.4, -0.2) is 23.7 Å². The number of aliphatic hydroxyl groups is 1. The van der Waals surface area contributed by atoms with E-state index in [0.717, 1.165) is 35.3 Å². The summed E-state index contributed by atoms with van der Waals surface area (Å²) in [5.41, 5.74) is 3.29. The lowest BCUT2D eigenvalue weighted by Gasteiger charge is -2.15. The molecule has 0 aliphatic heterocycles. The Hall–Kier alpha value is -1.51. The van der Waals surface area contributed by atoms with Gasteiger partial charge >= 0.3 is 0 Å². The molecule has 0 heterocycles. The minimum Gasteiger partial charge on any atom is -0.493 e. The maximum Gasteiger partial charge on any atom is 0.122 e. The number of hydrogen-bond acceptors (Lipinski definition) is 2. The molecule has 3 heteroatoms. The Balaban J connectivity index is 2.26. The molecule has 0 saturated heterocycles. The molecule has 2 aromatic carbocycles. The highest BCUT2D eigenvalue weighted by Gasteiger charge is 2.11. The summed E-state index contributed by atoms with van der Waals surface area (Å²) in [6, 6.07) is 16.4. The van der Waals surface area contributed by atoms with Crippen LogP contribution >= 0.6 is 11.6 Å². The van der Waals surface area contributed by atoms with Gasteiger partial charge in [-0.05, 0) is 35.2 Å². The van der Waals surface area contributed by atoms with Crippen LogP contribution in [0.25, 0.3) is 11.1 Å². The predicted molar refractivity (Wildman–Crippen MR) is 92.7 cm³/mol. The molecule has 2 nitrogen and oxygen atoms in total. The molecule has 118 valence electrons. The van der Waals surface area contributed by atoms with Gasteiger partial charge in [0.15, 0.2) is 0 Å². The molecular formula is C19H23ClO2. The summed E-state index contributed by atoms with van der Waals surface area (Å²) < 4.78 is 5.86. The third kappa shape index (κ3) is 4.75. The molecule has 0 aliphatic rings. The Bertz CT molecular complexity index is 569. The van der Waals surface area contributed by atoms with Gasteiger partial charge in [0.2, 0.25) is 0 Å². The van der Waals surface area contributed by atoms with Crippen LogP contribution in [0.3, 0.4) is 0 Å². The molecule has 0 saturated carbocycles. The van der Waals surface area contributed by atoms with E-state index in [-0.39, 0.29) is 5.88 Å². The molecule has 0 bridgehead atoms. The minimum absolute atomic E-state index is 0.226. The Morgan fingerprint density at radius 2 is 1.86 bits per heavy atom. The molecule has 1 atom stereocenters. The smallest absolute Gasteiger partial charge is 0.122 e. The zero-order valence-electron chi connectivity index (χ0n) is 13.0. The van der Waals surface area contributed by atoms with E-state index < -0.39 is 6.10 Å². The number of alkyl halides is 1. The normalized spacial score (nSPS) is 12.1. The summed E-state index contributed by atoms with van der Waals surface area (Å²) >= 11 is 5.75. The molecule has 1 N–H and O–H groups in total. The highest BCUT2D eigenvalue weighted by Crippen LogP contribution is 2.28. The summed E-state index contributed by atoms with van der Waals surface area (Å²) in [6.07, 6.45) is 2.08. The first kappa shape index (κ1) is 16.9. The van der Waals surface area contributed by atoms with E-state index in [1.807, 2.05) is 24.3 Å². The zero-order valence-corrected chi connectivity index (χ0v) is 13.7. The second-order valence-corrected chi connectivity index (χ2v) is 5.71. The van der Waals surface area contributed by atoms with Crippen LogP contribution in [0.4, 0.5) is 0 Å². The highest BCUT2D eigenvalue weighted by molar-refractivity contribution is 6.18. The number of unbranched alkanes of at least 4 members (excludes halogenated alkanes) is 1. The van der Waals surface area contributed by atoms with E-state index >= 15 is 0 Å². The molecule has 2 aromatic rings. The van der Waals surface area contributed by atoms with E-state index in [1.54, 1.807) is 0 Å². The number of rotatable bonds is 8.